The van der Waals surface area contributed by atoms with Crippen molar-refractivity contribution >= 4 is 34.1 Å². The maximum atomic E-state index is 12.9. The van der Waals surface area contributed by atoms with Crippen LogP contribution in [0.2, 0.25) is 0 Å². The zero-order valence-corrected chi connectivity index (χ0v) is 17.4. The van der Waals surface area contributed by atoms with E-state index in [2.05, 4.69) is 31.2 Å². The SMILES string of the molecule is O=C(Nc1cnccn1)Nc1sc(Cc2cccc(O)c2)cc1C(=O)NC1CCNC1. The molecule has 0 radical (unpaired) electrons. The zero-order chi connectivity index (χ0) is 21.6. The van der Waals surface area contributed by atoms with Gasteiger partial charge in [-0.25, -0.2) is 9.78 Å². The average molecular weight is 439 g/mol. The van der Waals surface area contributed by atoms with E-state index < -0.39 is 6.03 Å². The molecule has 1 fully saturated rings. The summed E-state index contributed by atoms with van der Waals surface area (Å²) in [5.41, 5.74) is 1.31. The Labute approximate surface area is 182 Å². The molecule has 3 heterocycles. The molecule has 5 N–H and O–H groups in total. The molecule has 0 bridgehead atoms. The number of phenols is 1. The lowest BCUT2D eigenvalue weighted by Crippen LogP contribution is -2.36. The van der Waals surface area contributed by atoms with Crippen molar-refractivity contribution < 1.29 is 14.7 Å². The van der Waals surface area contributed by atoms with E-state index in [1.54, 1.807) is 24.3 Å². The van der Waals surface area contributed by atoms with Crippen molar-refractivity contribution in [2.45, 2.75) is 18.9 Å². The number of phenolic OH excluding ortho intramolecular Hbond substituents is 1. The summed E-state index contributed by atoms with van der Waals surface area (Å²) in [5, 5.41) is 21.8. The Morgan fingerprint density at radius 3 is 2.87 bits per heavy atom. The van der Waals surface area contributed by atoms with E-state index in [9.17, 15) is 14.7 Å². The molecule has 3 amide bonds. The maximum absolute atomic E-state index is 12.9. The number of aromatic nitrogens is 2. The highest BCUT2D eigenvalue weighted by Crippen LogP contribution is 2.31. The number of hydrogen-bond donors (Lipinski definition) is 5. The number of carbonyl (C=O) groups excluding carboxylic acids is 2. The zero-order valence-electron chi connectivity index (χ0n) is 16.6. The fourth-order valence-corrected chi connectivity index (χ4v) is 4.40. The molecule has 0 spiro atoms. The molecule has 1 unspecified atom stereocenters. The first kappa shape index (κ1) is 20.8. The van der Waals surface area contributed by atoms with E-state index >= 15 is 0 Å². The van der Waals surface area contributed by atoms with E-state index in [4.69, 9.17) is 0 Å². The minimum Gasteiger partial charge on any atom is -0.508 e. The fraction of sp³-hybridized carbons (Fsp3) is 0.238. The molecule has 160 valence electrons. The quantitative estimate of drug-likeness (QED) is 0.402. The second-order valence-electron chi connectivity index (χ2n) is 7.14. The summed E-state index contributed by atoms with van der Waals surface area (Å²) in [6, 6.07) is 8.29. The maximum Gasteiger partial charge on any atom is 0.325 e. The van der Waals surface area contributed by atoms with Crippen LogP contribution in [-0.4, -0.2) is 46.1 Å². The number of nitrogens with one attached hydrogen (secondary N) is 4. The van der Waals surface area contributed by atoms with Crippen molar-refractivity contribution in [1.82, 2.24) is 20.6 Å². The summed E-state index contributed by atoms with van der Waals surface area (Å²) in [7, 11) is 0. The summed E-state index contributed by atoms with van der Waals surface area (Å²) in [4.78, 5) is 34.2. The van der Waals surface area contributed by atoms with Crippen LogP contribution >= 0.6 is 11.3 Å². The molecule has 3 aromatic rings. The fourth-order valence-electron chi connectivity index (χ4n) is 3.31. The van der Waals surface area contributed by atoms with Crippen LogP contribution in [0.25, 0.3) is 0 Å². The van der Waals surface area contributed by atoms with Gasteiger partial charge in [0.25, 0.3) is 5.91 Å². The molecule has 1 saturated heterocycles. The molecule has 10 heteroatoms. The smallest absolute Gasteiger partial charge is 0.325 e. The number of nitrogens with zero attached hydrogens (tertiary/aromatic N) is 2. The van der Waals surface area contributed by atoms with Gasteiger partial charge in [-0.2, -0.15) is 0 Å². The van der Waals surface area contributed by atoms with Crippen LogP contribution in [0.4, 0.5) is 15.6 Å². The molecule has 31 heavy (non-hydrogen) atoms. The Morgan fingerprint density at radius 2 is 2.13 bits per heavy atom. The first-order valence-corrected chi connectivity index (χ1v) is 10.6. The first-order chi connectivity index (χ1) is 15.1. The number of urea groups is 1. The van der Waals surface area contributed by atoms with Crippen molar-refractivity contribution in [1.29, 1.82) is 0 Å². The number of anilines is 2. The van der Waals surface area contributed by atoms with Gasteiger partial charge < -0.3 is 15.7 Å². The third-order valence-corrected chi connectivity index (χ3v) is 5.79. The number of benzene rings is 1. The average Bonchev–Trinajstić information content (AvgIpc) is 3.38. The van der Waals surface area contributed by atoms with E-state index in [0.717, 1.165) is 30.0 Å². The Kier molecular flexibility index (Phi) is 6.39. The molecule has 9 nitrogen and oxygen atoms in total. The minimum atomic E-state index is -0.511. The predicted molar refractivity (Wildman–Crippen MR) is 119 cm³/mol. The summed E-state index contributed by atoms with van der Waals surface area (Å²) in [6.45, 7) is 1.59. The third kappa shape index (κ3) is 5.56. The highest BCUT2D eigenvalue weighted by Gasteiger charge is 2.22. The molecule has 0 saturated carbocycles. The predicted octanol–water partition coefficient (Wildman–Crippen LogP) is 2.57. The van der Waals surface area contributed by atoms with Crippen molar-refractivity contribution in [3.63, 3.8) is 0 Å². The first-order valence-electron chi connectivity index (χ1n) is 9.83. The second kappa shape index (κ2) is 9.54. The summed E-state index contributed by atoms with van der Waals surface area (Å²) in [6.07, 6.45) is 5.81. The van der Waals surface area contributed by atoms with Crippen LogP contribution in [-0.2, 0) is 6.42 Å². The highest BCUT2D eigenvalue weighted by atomic mass is 32.1. The number of amides is 3. The monoisotopic (exact) mass is 438 g/mol. The molecular formula is C21H22N6O3S. The van der Waals surface area contributed by atoms with Gasteiger partial charge in [-0.15, -0.1) is 11.3 Å². The second-order valence-corrected chi connectivity index (χ2v) is 8.27. The van der Waals surface area contributed by atoms with E-state index in [0.29, 0.717) is 22.8 Å². The largest absolute Gasteiger partial charge is 0.508 e. The van der Waals surface area contributed by atoms with Gasteiger partial charge in [0.1, 0.15) is 10.8 Å². The van der Waals surface area contributed by atoms with Crippen LogP contribution in [0, 0.1) is 0 Å². The number of thiophene rings is 1. The number of hydrogen-bond acceptors (Lipinski definition) is 7. The lowest BCUT2D eigenvalue weighted by Gasteiger charge is -2.12. The van der Waals surface area contributed by atoms with Crippen LogP contribution < -0.4 is 21.3 Å². The number of rotatable bonds is 6. The molecule has 1 aliphatic heterocycles. The lowest BCUT2D eigenvalue weighted by molar-refractivity contribution is 0.0941. The van der Waals surface area contributed by atoms with E-state index in [1.807, 2.05) is 6.07 Å². The van der Waals surface area contributed by atoms with Crippen molar-refractivity contribution in [2.24, 2.45) is 0 Å². The number of aromatic hydroxyl groups is 1. The summed E-state index contributed by atoms with van der Waals surface area (Å²) < 4.78 is 0. The third-order valence-electron chi connectivity index (χ3n) is 4.74. The molecule has 0 aliphatic carbocycles. The molecule has 1 aliphatic rings. The van der Waals surface area contributed by atoms with Gasteiger partial charge in [-0.1, -0.05) is 12.1 Å². The van der Waals surface area contributed by atoms with Crippen molar-refractivity contribution in [2.75, 3.05) is 23.7 Å². The number of carbonyl (C=O) groups is 2. The lowest BCUT2D eigenvalue weighted by atomic mass is 10.1. The highest BCUT2D eigenvalue weighted by molar-refractivity contribution is 7.16. The van der Waals surface area contributed by atoms with Gasteiger partial charge in [-0.05, 0) is 36.7 Å². The Balaban J connectivity index is 1.54. The Hall–Kier alpha value is -3.50. The van der Waals surface area contributed by atoms with Gasteiger partial charge in [0.2, 0.25) is 0 Å². The van der Waals surface area contributed by atoms with E-state index in [1.165, 1.54) is 29.9 Å². The summed E-state index contributed by atoms with van der Waals surface area (Å²) >= 11 is 1.32. The standard InChI is InChI=1S/C21H22N6O3S/c28-15-3-1-2-13(8-15)9-16-10-17(19(29)25-14-4-5-22-11-14)20(31-16)27-21(30)26-18-12-23-6-7-24-18/h1-3,6-8,10,12,14,22,28H,4-5,9,11H2,(H,25,29)(H2,24,26,27,30). The normalized spacial score (nSPS) is 15.4. The summed E-state index contributed by atoms with van der Waals surface area (Å²) in [5.74, 6) is 0.254. The van der Waals surface area contributed by atoms with Gasteiger partial charge in [0, 0.05) is 36.3 Å². The minimum absolute atomic E-state index is 0.0585. The van der Waals surface area contributed by atoms with E-state index in [-0.39, 0.29) is 17.7 Å². The Morgan fingerprint density at radius 1 is 1.23 bits per heavy atom. The van der Waals surface area contributed by atoms with Gasteiger partial charge >= 0.3 is 6.03 Å². The van der Waals surface area contributed by atoms with Crippen LogP contribution in [0.15, 0.2) is 48.9 Å². The molecule has 1 aromatic carbocycles. The van der Waals surface area contributed by atoms with Crippen LogP contribution in [0.1, 0.15) is 27.2 Å². The molecule has 2 aromatic heterocycles. The molecule has 1 atom stereocenters. The van der Waals surface area contributed by atoms with Gasteiger partial charge in [0.15, 0.2) is 5.82 Å². The molecular weight excluding hydrogens is 416 g/mol. The topological polar surface area (TPSA) is 128 Å². The Bertz CT molecular complexity index is 1070. The van der Waals surface area contributed by atoms with Crippen LogP contribution in [0.5, 0.6) is 5.75 Å². The van der Waals surface area contributed by atoms with Crippen molar-refractivity contribution in [3.8, 4) is 5.75 Å². The van der Waals surface area contributed by atoms with Crippen LogP contribution in [0.3, 0.4) is 0 Å². The van der Waals surface area contributed by atoms with Gasteiger partial charge in [-0.3, -0.25) is 20.4 Å². The van der Waals surface area contributed by atoms with Gasteiger partial charge in [0.05, 0.1) is 11.8 Å². The molecule has 4 rings (SSSR count). The van der Waals surface area contributed by atoms with Crippen molar-refractivity contribution in [3.05, 3.63) is 64.9 Å².